The summed E-state index contributed by atoms with van der Waals surface area (Å²) < 4.78 is 32.3. The fraction of sp³-hybridized carbons (Fsp3) is 0.333. The van der Waals surface area contributed by atoms with E-state index in [2.05, 4.69) is 29.9 Å². The summed E-state index contributed by atoms with van der Waals surface area (Å²) in [4.78, 5) is 23.0. The third-order valence-electron chi connectivity index (χ3n) is 2.51. The van der Waals surface area contributed by atoms with Gasteiger partial charge in [0.15, 0.2) is 5.76 Å². The Hall–Kier alpha value is -2.71. The van der Waals surface area contributed by atoms with Gasteiger partial charge in [-0.1, -0.05) is 0 Å². The van der Waals surface area contributed by atoms with Crippen molar-refractivity contribution in [1.82, 2.24) is 14.8 Å². The second-order valence-corrected chi connectivity index (χ2v) is 5.54. The molecule has 1 aliphatic rings. The monoisotopic (exact) mass is 346 g/mol. The van der Waals surface area contributed by atoms with Crippen LogP contribution in [-0.4, -0.2) is 53.6 Å². The SMILES string of the molecule is COC1OC(=O)C(N=Nc2nnc(S(N)(=O)=O)n2C(C)=O)=C1O. The predicted molar refractivity (Wildman–Crippen MR) is 68.8 cm³/mol. The summed E-state index contributed by atoms with van der Waals surface area (Å²) in [5, 5.41) is 27.0. The van der Waals surface area contributed by atoms with Gasteiger partial charge in [0.2, 0.25) is 11.6 Å². The number of aliphatic hydroxyl groups excluding tert-OH is 1. The summed E-state index contributed by atoms with van der Waals surface area (Å²) in [5.41, 5.74) is -0.591. The first-order chi connectivity index (χ1) is 10.7. The van der Waals surface area contributed by atoms with E-state index in [4.69, 9.17) is 5.14 Å². The number of hydrogen-bond donors (Lipinski definition) is 2. The van der Waals surface area contributed by atoms with Gasteiger partial charge >= 0.3 is 5.97 Å². The van der Waals surface area contributed by atoms with Gasteiger partial charge in [-0.15, -0.1) is 20.4 Å². The first-order valence-electron chi connectivity index (χ1n) is 5.74. The molecule has 0 bridgehead atoms. The van der Waals surface area contributed by atoms with Gasteiger partial charge in [0.1, 0.15) is 0 Å². The molecule has 0 aromatic carbocycles. The lowest BCUT2D eigenvalue weighted by molar-refractivity contribution is -0.158. The second kappa shape index (κ2) is 5.82. The zero-order chi connectivity index (χ0) is 17.4. The summed E-state index contributed by atoms with van der Waals surface area (Å²) in [6.07, 6.45) is -1.33. The highest BCUT2D eigenvalue weighted by atomic mass is 32.2. The van der Waals surface area contributed by atoms with E-state index in [1.165, 1.54) is 7.11 Å². The number of sulfonamides is 1. The normalized spacial score (nSPS) is 18.7. The number of esters is 1. The molecule has 1 atom stereocenters. The van der Waals surface area contributed by atoms with Crippen molar-refractivity contribution in [3.63, 3.8) is 0 Å². The standard InChI is InChI=1S/C9H10N6O7S/c1-3(16)15-8(13-14-9(15)23(10,19)20)12-11-4-5(17)7(21-2)22-6(4)18/h7,17H,1-2H3,(H2,10,19,20). The van der Waals surface area contributed by atoms with E-state index in [0.717, 1.165) is 6.92 Å². The van der Waals surface area contributed by atoms with Crippen LogP contribution in [0.1, 0.15) is 11.7 Å². The number of nitrogens with two attached hydrogens (primary N) is 1. The molecule has 1 aromatic rings. The molecule has 1 aliphatic heterocycles. The molecule has 2 heterocycles. The van der Waals surface area contributed by atoms with Gasteiger partial charge in [-0.3, -0.25) is 4.79 Å². The van der Waals surface area contributed by atoms with Crippen molar-refractivity contribution in [2.75, 3.05) is 7.11 Å². The Kier molecular flexibility index (Phi) is 4.22. The molecule has 0 aliphatic carbocycles. The fourth-order valence-corrected chi connectivity index (χ4v) is 2.18. The average molecular weight is 346 g/mol. The smallest absolute Gasteiger partial charge is 0.365 e. The molecule has 23 heavy (non-hydrogen) atoms. The maximum absolute atomic E-state index is 11.5. The Bertz CT molecular complexity index is 839. The third kappa shape index (κ3) is 3.08. The number of aromatic nitrogens is 3. The van der Waals surface area contributed by atoms with E-state index >= 15 is 0 Å². The molecular weight excluding hydrogens is 336 g/mol. The van der Waals surface area contributed by atoms with Gasteiger partial charge < -0.3 is 14.6 Å². The van der Waals surface area contributed by atoms with Crippen LogP contribution in [0, 0.1) is 0 Å². The Morgan fingerprint density at radius 2 is 2.09 bits per heavy atom. The summed E-state index contributed by atoms with van der Waals surface area (Å²) in [6.45, 7) is 1.01. The van der Waals surface area contributed by atoms with Gasteiger partial charge in [-0.2, -0.15) is 0 Å². The second-order valence-electron chi connectivity index (χ2n) is 4.09. The lowest BCUT2D eigenvalue weighted by atomic mass is 10.4. The fourth-order valence-electron chi connectivity index (χ4n) is 1.56. The number of ether oxygens (including phenoxy) is 2. The summed E-state index contributed by atoms with van der Waals surface area (Å²) >= 11 is 0. The molecule has 0 saturated carbocycles. The van der Waals surface area contributed by atoms with E-state index in [1.807, 2.05) is 0 Å². The number of aliphatic hydroxyl groups is 1. The van der Waals surface area contributed by atoms with Crippen molar-refractivity contribution in [1.29, 1.82) is 0 Å². The lowest BCUT2D eigenvalue weighted by Gasteiger charge is -2.05. The van der Waals surface area contributed by atoms with Crippen molar-refractivity contribution >= 4 is 27.8 Å². The van der Waals surface area contributed by atoms with Crippen molar-refractivity contribution in [2.45, 2.75) is 18.4 Å². The van der Waals surface area contributed by atoms with Gasteiger partial charge in [-0.05, 0) is 0 Å². The molecular formula is C9H10N6O7S. The largest absolute Gasteiger partial charge is 0.504 e. The molecule has 0 radical (unpaired) electrons. The number of rotatable bonds is 4. The zero-order valence-corrected chi connectivity index (χ0v) is 12.5. The number of carbonyl (C=O) groups excluding carboxylic acids is 2. The zero-order valence-electron chi connectivity index (χ0n) is 11.7. The number of carbonyl (C=O) groups is 2. The Morgan fingerprint density at radius 3 is 2.57 bits per heavy atom. The lowest BCUT2D eigenvalue weighted by Crippen LogP contribution is -2.21. The minimum atomic E-state index is -4.34. The van der Waals surface area contributed by atoms with E-state index < -0.39 is 50.8 Å². The van der Waals surface area contributed by atoms with Crippen molar-refractivity contribution < 1.29 is 32.6 Å². The average Bonchev–Trinajstić information content (AvgIpc) is 2.98. The maximum Gasteiger partial charge on any atom is 0.365 e. The number of cyclic esters (lactones) is 1. The number of hydrogen-bond acceptors (Lipinski definition) is 11. The van der Waals surface area contributed by atoms with Gasteiger partial charge in [-0.25, -0.2) is 22.9 Å². The topological polar surface area (TPSA) is 188 Å². The molecule has 13 nitrogen and oxygen atoms in total. The van der Waals surface area contributed by atoms with Gasteiger partial charge in [0.05, 0.1) is 0 Å². The summed E-state index contributed by atoms with van der Waals surface area (Å²) in [6, 6.07) is 0. The number of nitrogens with zero attached hydrogens (tertiary/aromatic N) is 5. The molecule has 1 aromatic heterocycles. The van der Waals surface area contributed by atoms with Crippen LogP contribution in [0.2, 0.25) is 0 Å². The third-order valence-corrected chi connectivity index (χ3v) is 3.29. The van der Waals surface area contributed by atoms with Crippen LogP contribution in [-0.2, 0) is 24.3 Å². The van der Waals surface area contributed by atoms with Crippen LogP contribution in [0.25, 0.3) is 0 Å². The molecule has 124 valence electrons. The quantitative estimate of drug-likeness (QED) is 0.507. The summed E-state index contributed by atoms with van der Waals surface area (Å²) in [7, 11) is -3.16. The van der Waals surface area contributed by atoms with Crippen molar-refractivity contribution in [2.24, 2.45) is 15.4 Å². The molecule has 14 heteroatoms. The molecule has 0 amide bonds. The number of primary sulfonamides is 1. The first-order valence-corrected chi connectivity index (χ1v) is 7.29. The molecule has 1 unspecified atom stereocenters. The Balaban J connectivity index is 2.46. The highest BCUT2D eigenvalue weighted by Crippen LogP contribution is 2.24. The minimum absolute atomic E-state index is 0.477. The van der Waals surface area contributed by atoms with Crippen LogP contribution >= 0.6 is 0 Å². The number of methoxy groups -OCH3 is 1. The summed E-state index contributed by atoms with van der Waals surface area (Å²) in [5.74, 6) is -3.04. The highest BCUT2D eigenvalue weighted by molar-refractivity contribution is 7.89. The minimum Gasteiger partial charge on any atom is -0.504 e. The van der Waals surface area contributed by atoms with Crippen LogP contribution in [0.3, 0.4) is 0 Å². The predicted octanol–water partition coefficient (Wildman–Crippen LogP) is -1.03. The molecule has 2 rings (SSSR count). The molecule has 0 saturated heterocycles. The van der Waals surface area contributed by atoms with Crippen molar-refractivity contribution in [3.8, 4) is 0 Å². The van der Waals surface area contributed by atoms with E-state index in [0.29, 0.717) is 4.57 Å². The van der Waals surface area contributed by atoms with Crippen LogP contribution in [0.5, 0.6) is 0 Å². The number of azo groups is 1. The van der Waals surface area contributed by atoms with Gasteiger partial charge in [0.25, 0.3) is 27.4 Å². The van der Waals surface area contributed by atoms with Crippen LogP contribution in [0.15, 0.2) is 26.8 Å². The molecule has 0 fully saturated rings. The van der Waals surface area contributed by atoms with E-state index in [-0.39, 0.29) is 0 Å². The first kappa shape index (κ1) is 16.7. The highest BCUT2D eigenvalue weighted by Gasteiger charge is 2.35. The molecule has 0 spiro atoms. The molecule has 3 N–H and O–H groups in total. The maximum atomic E-state index is 11.5. The van der Waals surface area contributed by atoms with E-state index in [9.17, 15) is 23.1 Å². The van der Waals surface area contributed by atoms with Gasteiger partial charge in [0, 0.05) is 14.0 Å². The Labute approximate surface area is 128 Å². The van der Waals surface area contributed by atoms with E-state index in [1.54, 1.807) is 0 Å². The van der Waals surface area contributed by atoms with Crippen LogP contribution < -0.4 is 5.14 Å². The van der Waals surface area contributed by atoms with Crippen molar-refractivity contribution in [3.05, 3.63) is 11.5 Å². The Morgan fingerprint density at radius 1 is 1.43 bits per heavy atom. The van der Waals surface area contributed by atoms with Crippen LogP contribution in [0.4, 0.5) is 5.95 Å².